The lowest BCUT2D eigenvalue weighted by Crippen LogP contribution is -2.56. The fourth-order valence-corrected chi connectivity index (χ4v) is 6.78. The minimum absolute atomic E-state index is 0.000685. The average Bonchev–Trinajstić information content (AvgIpc) is 3.61. The van der Waals surface area contributed by atoms with Gasteiger partial charge < -0.3 is 4.42 Å². The van der Waals surface area contributed by atoms with Gasteiger partial charge in [-0.15, -0.1) is 16.4 Å². The van der Waals surface area contributed by atoms with E-state index < -0.39 is 0 Å². The van der Waals surface area contributed by atoms with Crippen molar-refractivity contribution in [1.29, 1.82) is 0 Å². The molecule has 0 amide bonds. The predicted octanol–water partition coefficient (Wildman–Crippen LogP) is -3.16. The number of rotatable bonds is 5. The highest BCUT2D eigenvalue weighted by molar-refractivity contribution is 6.71. The molecule has 0 aliphatic heterocycles. The highest BCUT2D eigenvalue weighted by Gasteiger charge is 2.26. The van der Waals surface area contributed by atoms with Gasteiger partial charge in [-0.2, -0.15) is 0 Å². The molecule has 4 nitrogen and oxygen atoms in total. The Morgan fingerprint density at radius 1 is 0.296 bits per heavy atom. The van der Waals surface area contributed by atoms with Gasteiger partial charge in [0, 0.05) is 27.5 Å². The van der Waals surface area contributed by atoms with Crippen LogP contribution in [0.25, 0.3) is 78.4 Å². The molecule has 0 spiro atoms. The van der Waals surface area contributed by atoms with Crippen LogP contribution in [0.1, 0.15) is 0 Å². The standard InChI is InChI=1S/C39H14B11N3O/c40-24-19(20-25(41)31(47)33(49)32(48)26(20)42)27(43)34(50)36-21(24)22-28(44)29(45)23(30(46)35(22)54-36)39-52-37(17-9-5-2-6-10-17)51-38(53-39)18-13-11-16(12-14-18)15-7-3-1-4-8-15/h1-14H. The highest BCUT2D eigenvalue weighted by Crippen LogP contribution is 2.30. The minimum atomic E-state index is -0.000685. The zero-order valence-electron chi connectivity index (χ0n) is 28.7. The topological polar surface area (TPSA) is 51.8 Å². The second kappa shape index (κ2) is 13.6. The smallest absolute Gasteiger partial charge is 0.164 e. The van der Waals surface area contributed by atoms with Crippen molar-refractivity contribution in [2.75, 3.05) is 0 Å². The van der Waals surface area contributed by atoms with Crippen LogP contribution >= 0.6 is 0 Å². The zero-order valence-corrected chi connectivity index (χ0v) is 28.7. The van der Waals surface area contributed by atoms with E-state index in [1.807, 2.05) is 84.9 Å². The van der Waals surface area contributed by atoms with Gasteiger partial charge >= 0.3 is 0 Å². The normalized spacial score (nSPS) is 11.4. The van der Waals surface area contributed by atoms with E-state index in [1.54, 1.807) is 0 Å². The summed E-state index contributed by atoms with van der Waals surface area (Å²) in [4.78, 5) is 14.5. The van der Waals surface area contributed by atoms with Gasteiger partial charge in [-0.1, -0.05) is 123 Å². The lowest BCUT2D eigenvalue weighted by Gasteiger charge is -2.25. The van der Waals surface area contributed by atoms with Crippen LogP contribution in [0.3, 0.4) is 0 Å². The summed E-state index contributed by atoms with van der Waals surface area (Å²) in [6.45, 7) is 0. The Bertz CT molecular complexity index is 2800. The first-order chi connectivity index (χ1) is 25.9. The molecule has 0 aliphatic carbocycles. The molecule has 0 unspecified atom stereocenters. The number of benzene rings is 6. The predicted molar refractivity (Wildman–Crippen MR) is 234 cm³/mol. The molecule has 2 heterocycles. The molecule has 54 heavy (non-hydrogen) atoms. The first kappa shape index (κ1) is 35.9. The van der Waals surface area contributed by atoms with Gasteiger partial charge in [0.25, 0.3) is 0 Å². The lowest BCUT2D eigenvalue weighted by atomic mass is 9.57. The van der Waals surface area contributed by atoms with E-state index in [0.29, 0.717) is 11.6 Å². The molecule has 0 N–H and O–H groups in total. The Labute approximate surface area is 327 Å². The lowest BCUT2D eigenvalue weighted by molar-refractivity contribution is 0.675. The van der Waals surface area contributed by atoms with E-state index in [0.717, 1.165) is 22.3 Å². The summed E-state index contributed by atoms with van der Waals surface area (Å²) in [5.41, 5.74) is 4.64. The highest BCUT2D eigenvalue weighted by atomic mass is 16.3. The van der Waals surface area contributed by atoms with E-state index in [9.17, 15) is 0 Å². The van der Waals surface area contributed by atoms with Crippen molar-refractivity contribution in [3.63, 3.8) is 0 Å². The summed E-state index contributed by atoms with van der Waals surface area (Å²) in [6.07, 6.45) is 0. The molecule has 0 saturated heterocycles. The molecule has 15 heteroatoms. The number of hydrogen-bond acceptors (Lipinski definition) is 4. The third-order valence-corrected chi connectivity index (χ3v) is 9.68. The van der Waals surface area contributed by atoms with Crippen LogP contribution < -0.4 is 60.1 Å². The first-order valence-corrected chi connectivity index (χ1v) is 16.6. The largest absolute Gasteiger partial charge is 0.457 e. The molecule has 6 aromatic carbocycles. The van der Waals surface area contributed by atoms with E-state index in [-0.39, 0.29) is 105 Å². The van der Waals surface area contributed by atoms with Crippen molar-refractivity contribution in [3.8, 4) is 56.4 Å². The molecular weight excluding hydrogens is 645 g/mol. The maximum absolute atomic E-state index is 6.91. The molecular formula is C39H14B11N3O. The fraction of sp³-hybridized carbons (Fsp3) is 0. The summed E-state index contributed by atoms with van der Waals surface area (Å²) in [7, 11) is 71.9. The summed E-state index contributed by atoms with van der Waals surface area (Å²) >= 11 is 0. The zero-order chi connectivity index (χ0) is 38.2. The van der Waals surface area contributed by atoms with Crippen molar-refractivity contribution >= 4 is 168 Å². The molecule has 22 radical (unpaired) electrons. The van der Waals surface area contributed by atoms with Crippen molar-refractivity contribution in [3.05, 3.63) is 84.9 Å². The van der Waals surface area contributed by atoms with Gasteiger partial charge in [0.05, 0.1) is 0 Å². The van der Waals surface area contributed by atoms with Crippen LogP contribution in [0.2, 0.25) is 0 Å². The minimum Gasteiger partial charge on any atom is -0.457 e. The maximum atomic E-state index is 6.91. The Hall–Kier alpha value is -5.16. The summed E-state index contributed by atoms with van der Waals surface area (Å²) in [5.74, 6) is 0.918. The van der Waals surface area contributed by atoms with Gasteiger partial charge in [0.1, 0.15) is 97.5 Å². The van der Waals surface area contributed by atoms with Crippen LogP contribution in [-0.2, 0) is 0 Å². The van der Waals surface area contributed by atoms with Crippen molar-refractivity contribution in [2.24, 2.45) is 0 Å². The fourth-order valence-electron chi connectivity index (χ4n) is 6.78. The van der Waals surface area contributed by atoms with Crippen molar-refractivity contribution in [2.45, 2.75) is 0 Å². The van der Waals surface area contributed by atoms with E-state index >= 15 is 0 Å². The van der Waals surface area contributed by atoms with Crippen molar-refractivity contribution in [1.82, 2.24) is 15.0 Å². The molecule has 0 bridgehead atoms. The molecule has 8 aromatic rings. The molecule has 224 valence electrons. The van der Waals surface area contributed by atoms with Gasteiger partial charge in [-0.25, -0.2) is 15.0 Å². The second-order valence-electron chi connectivity index (χ2n) is 12.8. The molecule has 2 aromatic heterocycles. The van der Waals surface area contributed by atoms with Crippen LogP contribution in [0.5, 0.6) is 0 Å². The maximum Gasteiger partial charge on any atom is 0.164 e. The SMILES string of the molecule is [B]c1c([B])c([B])c(-c2c([B])c([B])c3oc4c([B])c(-c5nc(-c6ccccc6)nc(-c6ccc(-c7ccccc7)cc6)n5)c([B])c([B])c4c3c2[B])c([B])c1[B]. The van der Waals surface area contributed by atoms with Gasteiger partial charge in [0.15, 0.2) is 17.5 Å². The monoisotopic (exact) mass is 661 g/mol. The van der Waals surface area contributed by atoms with Crippen molar-refractivity contribution < 1.29 is 4.42 Å². The number of furan rings is 1. The van der Waals surface area contributed by atoms with E-state index in [4.69, 9.17) is 106 Å². The molecule has 0 atom stereocenters. The van der Waals surface area contributed by atoms with Gasteiger partial charge in [-0.3, -0.25) is 0 Å². The summed E-state index contributed by atoms with van der Waals surface area (Å²) < 4.78 is 6.33. The van der Waals surface area contributed by atoms with Crippen LogP contribution in [0.4, 0.5) is 0 Å². The second-order valence-corrected chi connectivity index (χ2v) is 12.8. The van der Waals surface area contributed by atoms with Crippen LogP contribution in [0, 0.1) is 0 Å². The molecule has 0 fully saturated rings. The van der Waals surface area contributed by atoms with E-state index in [1.165, 1.54) is 0 Å². The van der Waals surface area contributed by atoms with Crippen LogP contribution in [0.15, 0.2) is 89.3 Å². The van der Waals surface area contributed by atoms with Gasteiger partial charge in [0.2, 0.25) is 0 Å². The summed E-state index contributed by atoms with van der Waals surface area (Å²) in [5, 5.41) is 0.540. The van der Waals surface area contributed by atoms with E-state index in [2.05, 4.69) is 0 Å². The third-order valence-electron chi connectivity index (χ3n) is 9.68. The third kappa shape index (κ3) is 5.58. The number of fused-ring (bicyclic) bond motifs is 3. The van der Waals surface area contributed by atoms with Gasteiger partial charge in [-0.05, 0) is 27.7 Å². The molecule has 8 rings (SSSR count). The summed E-state index contributed by atoms with van der Waals surface area (Å²) in [6, 6.07) is 27.4. The Balaban J connectivity index is 1.37. The average molecular weight is 659 g/mol. The van der Waals surface area contributed by atoms with Crippen LogP contribution in [-0.4, -0.2) is 101 Å². The Morgan fingerprint density at radius 3 is 1.24 bits per heavy atom. The quantitative estimate of drug-likeness (QED) is 0.183. The molecule has 0 aliphatic rings. The number of hydrogen-bond donors (Lipinski definition) is 0. The number of aromatic nitrogens is 3. The Morgan fingerprint density at radius 2 is 0.667 bits per heavy atom. The number of nitrogens with zero attached hydrogens (tertiary/aromatic N) is 3. The first-order valence-electron chi connectivity index (χ1n) is 16.6. The molecule has 0 saturated carbocycles. The Kier molecular flexibility index (Phi) is 9.03.